The molecule has 100 valence electrons. The van der Waals surface area contributed by atoms with Gasteiger partial charge in [0.2, 0.25) is 0 Å². The number of aromatic hydroxyl groups is 1. The summed E-state index contributed by atoms with van der Waals surface area (Å²) in [6.45, 7) is 2.70. The van der Waals surface area contributed by atoms with E-state index in [1.54, 1.807) is 18.3 Å². The van der Waals surface area contributed by atoms with E-state index < -0.39 is 0 Å². The van der Waals surface area contributed by atoms with Crippen LogP contribution in [0.1, 0.15) is 36.8 Å². The fourth-order valence-electron chi connectivity index (χ4n) is 2.44. The van der Waals surface area contributed by atoms with E-state index >= 15 is 0 Å². The molecule has 1 aliphatic heterocycles. The highest BCUT2D eigenvalue weighted by Gasteiger charge is 2.27. The van der Waals surface area contributed by atoms with Crippen LogP contribution in [0.2, 0.25) is 0 Å². The molecule has 1 aromatic carbocycles. The van der Waals surface area contributed by atoms with Crippen molar-refractivity contribution in [2.24, 2.45) is 0 Å². The summed E-state index contributed by atoms with van der Waals surface area (Å²) >= 11 is 0. The first-order valence-electron chi connectivity index (χ1n) is 6.49. The molecular formula is C14H17N3O2. The molecule has 19 heavy (non-hydrogen) atoms. The average molecular weight is 259 g/mol. The number of ether oxygens (including phenoxy) is 1. The van der Waals surface area contributed by atoms with Gasteiger partial charge in [-0.25, -0.2) is 4.98 Å². The monoisotopic (exact) mass is 259 g/mol. The van der Waals surface area contributed by atoms with E-state index in [1.165, 1.54) is 0 Å². The molecule has 0 saturated carbocycles. The largest absolute Gasteiger partial charge is 0.508 e. The number of phenols is 1. The van der Waals surface area contributed by atoms with Crippen LogP contribution in [0.25, 0.3) is 0 Å². The number of imidazole rings is 1. The lowest BCUT2D eigenvalue weighted by Crippen LogP contribution is -2.27. The molecule has 0 saturated heterocycles. The molecular weight excluding hydrogens is 242 g/mol. The highest BCUT2D eigenvalue weighted by molar-refractivity contribution is 5.44. The molecule has 0 fully saturated rings. The van der Waals surface area contributed by atoms with Gasteiger partial charge in [-0.1, -0.05) is 6.92 Å². The van der Waals surface area contributed by atoms with Crippen LogP contribution in [0.15, 0.2) is 30.6 Å². The second-order valence-corrected chi connectivity index (χ2v) is 4.69. The van der Waals surface area contributed by atoms with Gasteiger partial charge < -0.3 is 14.8 Å². The Balaban J connectivity index is 1.79. The molecule has 2 aromatic rings. The van der Waals surface area contributed by atoms with Gasteiger partial charge in [-0.2, -0.15) is 0 Å². The maximum Gasteiger partial charge on any atom is 0.127 e. The number of hydrogen-bond donors (Lipinski definition) is 3. The van der Waals surface area contributed by atoms with Crippen LogP contribution in [-0.4, -0.2) is 21.7 Å². The number of H-pyrrole nitrogens is 1. The smallest absolute Gasteiger partial charge is 0.127 e. The molecule has 2 atom stereocenters. The molecule has 3 N–H and O–H groups in total. The van der Waals surface area contributed by atoms with Crippen LogP contribution >= 0.6 is 0 Å². The Bertz CT molecular complexity index is 554. The zero-order valence-electron chi connectivity index (χ0n) is 10.8. The Kier molecular flexibility index (Phi) is 3.13. The van der Waals surface area contributed by atoms with E-state index in [0.717, 1.165) is 23.6 Å². The van der Waals surface area contributed by atoms with Gasteiger partial charge in [-0.3, -0.25) is 5.32 Å². The van der Waals surface area contributed by atoms with Crippen LogP contribution in [0.4, 0.5) is 0 Å². The van der Waals surface area contributed by atoms with Gasteiger partial charge in [-0.15, -0.1) is 0 Å². The summed E-state index contributed by atoms with van der Waals surface area (Å²) in [6, 6.07) is 5.56. The zero-order valence-corrected chi connectivity index (χ0v) is 10.8. The lowest BCUT2D eigenvalue weighted by atomic mass is 10.1. The fraction of sp³-hybridized carbons (Fsp3) is 0.357. The first kappa shape index (κ1) is 12.0. The lowest BCUT2D eigenvalue weighted by molar-refractivity contribution is 0.293. The summed E-state index contributed by atoms with van der Waals surface area (Å²) in [7, 11) is 0. The van der Waals surface area contributed by atoms with Crippen molar-refractivity contribution in [1.82, 2.24) is 15.3 Å². The highest BCUT2D eigenvalue weighted by atomic mass is 16.5. The molecule has 2 heterocycles. The Morgan fingerprint density at radius 1 is 1.58 bits per heavy atom. The molecule has 0 aliphatic carbocycles. The van der Waals surface area contributed by atoms with Crippen molar-refractivity contribution < 1.29 is 9.84 Å². The molecule has 0 bridgehead atoms. The standard InChI is InChI=1S/C14H17N3O2/c1-2-11(14-15-5-6-16-14)17-12-8-19-13-7-9(18)3-4-10(12)13/h3-7,11-12,17-18H,2,8H2,1H3,(H,15,16). The van der Waals surface area contributed by atoms with Crippen molar-refractivity contribution in [2.45, 2.75) is 25.4 Å². The molecule has 5 heteroatoms. The van der Waals surface area contributed by atoms with Gasteiger partial charge in [0.25, 0.3) is 0 Å². The van der Waals surface area contributed by atoms with E-state index in [4.69, 9.17) is 4.74 Å². The van der Waals surface area contributed by atoms with E-state index in [1.807, 2.05) is 12.3 Å². The fourth-order valence-corrected chi connectivity index (χ4v) is 2.44. The van der Waals surface area contributed by atoms with Gasteiger partial charge in [0.15, 0.2) is 0 Å². The SMILES string of the molecule is CCC(NC1COc2cc(O)ccc21)c1ncc[nH]1. The summed E-state index contributed by atoms with van der Waals surface area (Å²) < 4.78 is 5.60. The normalized spacial score (nSPS) is 18.9. The second-order valence-electron chi connectivity index (χ2n) is 4.69. The van der Waals surface area contributed by atoms with Crippen LogP contribution in [0.3, 0.4) is 0 Å². The minimum absolute atomic E-state index is 0.130. The average Bonchev–Trinajstić information content (AvgIpc) is 3.05. The molecule has 3 rings (SSSR count). The highest BCUT2D eigenvalue weighted by Crippen LogP contribution is 2.36. The lowest BCUT2D eigenvalue weighted by Gasteiger charge is -2.19. The third-order valence-electron chi connectivity index (χ3n) is 3.44. The number of hydrogen-bond acceptors (Lipinski definition) is 4. The minimum Gasteiger partial charge on any atom is -0.508 e. The first-order valence-corrected chi connectivity index (χ1v) is 6.49. The minimum atomic E-state index is 0.130. The number of fused-ring (bicyclic) bond motifs is 1. The Labute approximate surface area is 111 Å². The van der Waals surface area contributed by atoms with E-state index in [9.17, 15) is 5.11 Å². The predicted molar refractivity (Wildman–Crippen MR) is 71.1 cm³/mol. The Morgan fingerprint density at radius 3 is 3.21 bits per heavy atom. The van der Waals surface area contributed by atoms with E-state index in [0.29, 0.717) is 6.61 Å². The third-order valence-corrected chi connectivity index (χ3v) is 3.44. The van der Waals surface area contributed by atoms with Crippen molar-refractivity contribution in [3.63, 3.8) is 0 Å². The van der Waals surface area contributed by atoms with Crippen molar-refractivity contribution in [3.8, 4) is 11.5 Å². The topological polar surface area (TPSA) is 70.2 Å². The summed E-state index contributed by atoms with van der Waals surface area (Å²) in [6.07, 6.45) is 4.53. The number of benzene rings is 1. The summed E-state index contributed by atoms with van der Waals surface area (Å²) in [5, 5.41) is 13.0. The van der Waals surface area contributed by atoms with Crippen molar-refractivity contribution >= 4 is 0 Å². The summed E-state index contributed by atoms with van der Waals surface area (Å²) in [5.74, 6) is 1.93. The van der Waals surface area contributed by atoms with Crippen molar-refractivity contribution in [1.29, 1.82) is 0 Å². The maximum atomic E-state index is 9.45. The third kappa shape index (κ3) is 2.29. The quantitative estimate of drug-likeness (QED) is 0.788. The van der Waals surface area contributed by atoms with Crippen molar-refractivity contribution in [3.05, 3.63) is 42.0 Å². The molecule has 0 radical (unpaired) electrons. The summed E-state index contributed by atoms with van der Waals surface area (Å²) in [5.41, 5.74) is 1.09. The first-order chi connectivity index (χ1) is 9.28. The van der Waals surface area contributed by atoms with Crippen LogP contribution in [0, 0.1) is 0 Å². The van der Waals surface area contributed by atoms with E-state index in [-0.39, 0.29) is 17.8 Å². The van der Waals surface area contributed by atoms with Gasteiger partial charge in [0, 0.05) is 24.0 Å². The number of aromatic nitrogens is 2. The van der Waals surface area contributed by atoms with Crippen LogP contribution in [-0.2, 0) is 0 Å². The number of phenolic OH excluding ortho intramolecular Hbond substituents is 1. The van der Waals surface area contributed by atoms with Crippen LogP contribution in [0.5, 0.6) is 11.5 Å². The molecule has 0 amide bonds. The molecule has 1 aliphatic rings. The molecule has 1 aromatic heterocycles. The van der Waals surface area contributed by atoms with Gasteiger partial charge >= 0.3 is 0 Å². The molecule has 5 nitrogen and oxygen atoms in total. The Hall–Kier alpha value is -2.01. The van der Waals surface area contributed by atoms with Gasteiger partial charge in [0.1, 0.15) is 23.9 Å². The zero-order chi connectivity index (χ0) is 13.2. The Morgan fingerprint density at radius 2 is 2.47 bits per heavy atom. The molecule has 2 unspecified atom stereocenters. The van der Waals surface area contributed by atoms with Crippen LogP contribution < -0.4 is 10.1 Å². The summed E-state index contributed by atoms with van der Waals surface area (Å²) in [4.78, 5) is 7.44. The number of aromatic amines is 1. The second kappa shape index (κ2) is 4.93. The van der Waals surface area contributed by atoms with Crippen molar-refractivity contribution in [2.75, 3.05) is 6.61 Å². The van der Waals surface area contributed by atoms with Gasteiger partial charge in [0.05, 0.1) is 12.1 Å². The predicted octanol–water partition coefficient (Wildman–Crippen LogP) is 2.29. The van der Waals surface area contributed by atoms with E-state index in [2.05, 4.69) is 22.2 Å². The molecule has 0 spiro atoms. The number of rotatable bonds is 4. The number of nitrogens with one attached hydrogen (secondary N) is 2. The maximum absolute atomic E-state index is 9.45. The number of nitrogens with zero attached hydrogens (tertiary/aromatic N) is 1. The van der Waals surface area contributed by atoms with Gasteiger partial charge in [-0.05, 0) is 18.6 Å².